The molecule has 1 amide bonds. The minimum absolute atomic E-state index is 0.288. The van der Waals surface area contributed by atoms with Gasteiger partial charge in [-0.25, -0.2) is 9.98 Å². The quantitative estimate of drug-likeness (QED) is 0.490. The van der Waals surface area contributed by atoms with E-state index in [9.17, 15) is 4.79 Å². The van der Waals surface area contributed by atoms with E-state index in [1.807, 2.05) is 17.0 Å². The van der Waals surface area contributed by atoms with Crippen LogP contribution in [0.5, 0.6) is 5.88 Å². The zero-order valence-electron chi connectivity index (χ0n) is 19.5. The van der Waals surface area contributed by atoms with Crippen molar-refractivity contribution in [3.8, 4) is 5.88 Å². The van der Waals surface area contributed by atoms with Crippen molar-refractivity contribution in [2.24, 2.45) is 10.9 Å². The van der Waals surface area contributed by atoms with Crippen molar-refractivity contribution in [2.75, 3.05) is 59.0 Å². The number of piperazine rings is 1. The van der Waals surface area contributed by atoms with Crippen LogP contribution in [-0.2, 0) is 11.3 Å². The Hall–Kier alpha value is -2.35. The topological polar surface area (TPSA) is 73.3 Å². The molecule has 1 saturated carbocycles. The predicted octanol–water partition coefficient (Wildman–Crippen LogP) is 1.97. The second-order valence-electron chi connectivity index (χ2n) is 9.13. The van der Waals surface area contributed by atoms with E-state index in [4.69, 9.17) is 9.73 Å². The van der Waals surface area contributed by atoms with Crippen LogP contribution in [0.2, 0.25) is 0 Å². The van der Waals surface area contributed by atoms with E-state index in [0.29, 0.717) is 24.9 Å². The molecular weight excluding hydrogens is 404 g/mol. The molecule has 32 heavy (non-hydrogen) atoms. The fourth-order valence-electron chi connectivity index (χ4n) is 4.26. The number of likely N-dealkylation sites (tertiary alicyclic amines) is 1. The Morgan fingerprint density at radius 2 is 1.91 bits per heavy atom. The highest BCUT2D eigenvalue weighted by molar-refractivity contribution is 5.80. The zero-order chi connectivity index (χ0) is 22.2. The lowest BCUT2D eigenvalue weighted by Crippen LogP contribution is -2.54. The maximum Gasteiger partial charge on any atom is 0.236 e. The number of hydrogen-bond acceptors (Lipinski definition) is 5. The molecule has 8 heteroatoms. The van der Waals surface area contributed by atoms with E-state index in [1.165, 1.54) is 19.3 Å². The second-order valence-corrected chi connectivity index (χ2v) is 9.13. The lowest BCUT2D eigenvalue weighted by molar-refractivity contribution is -0.133. The summed E-state index contributed by atoms with van der Waals surface area (Å²) in [5.74, 6) is 2.64. The van der Waals surface area contributed by atoms with Gasteiger partial charge in [0.05, 0.1) is 19.7 Å². The van der Waals surface area contributed by atoms with Crippen LogP contribution in [0.15, 0.2) is 23.3 Å². The van der Waals surface area contributed by atoms with Crippen LogP contribution in [-0.4, -0.2) is 90.5 Å². The Bertz CT molecular complexity index is 768. The minimum atomic E-state index is 0.288. The Morgan fingerprint density at radius 3 is 2.62 bits per heavy atom. The first-order valence-corrected chi connectivity index (χ1v) is 12.3. The van der Waals surface area contributed by atoms with Crippen molar-refractivity contribution in [3.05, 3.63) is 23.9 Å². The molecule has 1 aliphatic carbocycles. The summed E-state index contributed by atoms with van der Waals surface area (Å²) in [6.07, 6.45) is 7.90. The first kappa shape index (κ1) is 22.8. The maximum atomic E-state index is 12.6. The summed E-state index contributed by atoms with van der Waals surface area (Å²) in [6.45, 7) is 10.2. The predicted molar refractivity (Wildman–Crippen MR) is 126 cm³/mol. The van der Waals surface area contributed by atoms with Gasteiger partial charge in [0.1, 0.15) is 0 Å². The Morgan fingerprint density at radius 1 is 1.12 bits per heavy atom. The number of pyridine rings is 1. The number of nitrogens with one attached hydrogen (secondary N) is 1. The van der Waals surface area contributed by atoms with Gasteiger partial charge >= 0.3 is 0 Å². The van der Waals surface area contributed by atoms with Gasteiger partial charge in [0.2, 0.25) is 11.8 Å². The smallest absolute Gasteiger partial charge is 0.236 e. The molecule has 176 valence electrons. The number of guanidine groups is 1. The Kier molecular flexibility index (Phi) is 8.20. The molecule has 1 N–H and O–H groups in total. The number of carbonyl (C=O) groups excluding carboxylic acids is 1. The third kappa shape index (κ3) is 6.82. The average Bonchev–Trinajstić information content (AvgIpc) is 3.66. The number of rotatable bonds is 8. The van der Waals surface area contributed by atoms with E-state index >= 15 is 0 Å². The molecule has 2 aliphatic heterocycles. The van der Waals surface area contributed by atoms with E-state index in [0.717, 1.165) is 76.8 Å². The molecule has 0 spiro atoms. The third-order valence-electron chi connectivity index (χ3n) is 6.45. The van der Waals surface area contributed by atoms with Gasteiger partial charge in [-0.05, 0) is 56.6 Å². The Balaban J connectivity index is 1.26. The number of hydrogen-bond donors (Lipinski definition) is 1. The molecule has 2 saturated heterocycles. The molecule has 4 rings (SSSR count). The number of carbonyl (C=O) groups is 1. The average molecular weight is 443 g/mol. The van der Waals surface area contributed by atoms with Crippen molar-refractivity contribution in [1.29, 1.82) is 0 Å². The number of piperidine rings is 1. The summed E-state index contributed by atoms with van der Waals surface area (Å²) >= 11 is 0. The summed E-state index contributed by atoms with van der Waals surface area (Å²) < 4.78 is 5.81. The standard InChI is InChI=1S/C24H38N6O2/c1-2-25-24(27-17-21-8-9-26-22(16-21)32-19-20-6-7-20)30-14-12-28(13-15-30)18-23(31)29-10-4-3-5-11-29/h8-9,16,20H,2-7,10-15,17-19H2,1H3,(H,25,27). The molecule has 3 aliphatic rings. The molecule has 1 aromatic heterocycles. The molecule has 0 unspecified atom stereocenters. The summed E-state index contributed by atoms with van der Waals surface area (Å²) in [4.78, 5) is 28.4. The van der Waals surface area contributed by atoms with Crippen molar-refractivity contribution in [2.45, 2.75) is 45.6 Å². The summed E-state index contributed by atoms with van der Waals surface area (Å²) in [6, 6.07) is 4.00. The molecule has 1 aromatic rings. The fraction of sp³-hybridized carbons (Fsp3) is 0.708. The van der Waals surface area contributed by atoms with Crippen LogP contribution < -0.4 is 10.1 Å². The van der Waals surface area contributed by atoms with Gasteiger partial charge in [0.15, 0.2) is 5.96 Å². The minimum Gasteiger partial charge on any atom is -0.477 e. The van der Waals surface area contributed by atoms with Gasteiger partial charge in [0.25, 0.3) is 0 Å². The van der Waals surface area contributed by atoms with Gasteiger partial charge in [0, 0.05) is 58.1 Å². The number of amides is 1. The molecule has 0 bridgehead atoms. The van der Waals surface area contributed by atoms with E-state index < -0.39 is 0 Å². The molecule has 3 fully saturated rings. The van der Waals surface area contributed by atoms with E-state index in [-0.39, 0.29) is 5.91 Å². The van der Waals surface area contributed by atoms with E-state index in [1.54, 1.807) is 6.20 Å². The molecular formula is C24H38N6O2. The lowest BCUT2D eigenvalue weighted by Gasteiger charge is -2.37. The largest absolute Gasteiger partial charge is 0.477 e. The highest BCUT2D eigenvalue weighted by atomic mass is 16.5. The van der Waals surface area contributed by atoms with Gasteiger partial charge in [-0.15, -0.1) is 0 Å². The zero-order valence-corrected chi connectivity index (χ0v) is 19.5. The van der Waals surface area contributed by atoms with Crippen molar-refractivity contribution >= 4 is 11.9 Å². The molecule has 3 heterocycles. The van der Waals surface area contributed by atoms with Crippen LogP contribution in [0.1, 0.15) is 44.6 Å². The van der Waals surface area contributed by atoms with Crippen LogP contribution in [0.25, 0.3) is 0 Å². The molecule has 8 nitrogen and oxygen atoms in total. The number of aliphatic imine (C=N–C) groups is 1. The number of ether oxygens (including phenoxy) is 1. The number of aromatic nitrogens is 1. The van der Waals surface area contributed by atoms with Crippen LogP contribution in [0, 0.1) is 5.92 Å². The van der Waals surface area contributed by atoms with E-state index in [2.05, 4.69) is 27.0 Å². The highest BCUT2D eigenvalue weighted by Gasteiger charge is 2.24. The summed E-state index contributed by atoms with van der Waals surface area (Å²) in [7, 11) is 0. The fourth-order valence-corrected chi connectivity index (χ4v) is 4.26. The first-order valence-electron chi connectivity index (χ1n) is 12.3. The summed E-state index contributed by atoms with van der Waals surface area (Å²) in [5, 5.41) is 3.43. The van der Waals surface area contributed by atoms with Crippen LogP contribution >= 0.6 is 0 Å². The molecule has 0 atom stereocenters. The van der Waals surface area contributed by atoms with Crippen molar-refractivity contribution in [3.63, 3.8) is 0 Å². The normalized spacial score (nSPS) is 20.3. The maximum absolute atomic E-state index is 12.6. The monoisotopic (exact) mass is 442 g/mol. The Labute approximate surface area is 192 Å². The SMILES string of the molecule is CCNC(=NCc1ccnc(OCC2CC2)c1)N1CCN(CC(=O)N2CCCCC2)CC1. The van der Waals surface area contributed by atoms with Crippen molar-refractivity contribution < 1.29 is 9.53 Å². The van der Waals surface area contributed by atoms with Gasteiger partial charge in [-0.2, -0.15) is 0 Å². The first-order chi connectivity index (χ1) is 15.7. The lowest BCUT2D eigenvalue weighted by atomic mass is 10.1. The summed E-state index contributed by atoms with van der Waals surface area (Å²) in [5.41, 5.74) is 1.10. The van der Waals surface area contributed by atoms with Gasteiger partial charge < -0.3 is 19.9 Å². The number of nitrogens with zero attached hydrogens (tertiary/aromatic N) is 5. The molecule has 0 radical (unpaired) electrons. The van der Waals surface area contributed by atoms with Gasteiger partial charge in [-0.3, -0.25) is 9.69 Å². The second kappa shape index (κ2) is 11.5. The van der Waals surface area contributed by atoms with Gasteiger partial charge in [-0.1, -0.05) is 0 Å². The highest BCUT2D eigenvalue weighted by Crippen LogP contribution is 2.29. The molecule has 0 aromatic carbocycles. The third-order valence-corrected chi connectivity index (χ3v) is 6.45. The van der Waals surface area contributed by atoms with Crippen LogP contribution in [0.3, 0.4) is 0 Å². The van der Waals surface area contributed by atoms with Crippen LogP contribution in [0.4, 0.5) is 0 Å². The van der Waals surface area contributed by atoms with Crippen molar-refractivity contribution in [1.82, 2.24) is 25.0 Å².